The van der Waals surface area contributed by atoms with Gasteiger partial charge in [-0.3, -0.25) is 4.79 Å². The Balaban J connectivity index is 1.93. The van der Waals surface area contributed by atoms with Gasteiger partial charge in [-0.2, -0.15) is 0 Å². The van der Waals surface area contributed by atoms with E-state index in [0.717, 1.165) is 11.3 Å². The minimum absolute atomic E-state index is 0.0630. The summed E-state index contributed by atoms with van der Waals surface area (Å²) in [6.07, 6.45) is 0.277. The van der Waals surface area contributed by atoms with E-state index < -0.39 is 0 Å². The monoisotopic (exact) mass is 293 g/mol. The van der Waals surface area contributed by atoms with Crippen LogP contribution in [0.3, 0.4) is 0 Å². The zero-order valence-corrected chi connectivity index (χ0v) is 11.7. The maximum Gasteiger partial charge on any atom is 0.156 e. The Morgan fingerprint density at radius 1 is 1.00 bits per heavy atom. The van der Waals surface area contributed by atoms with Gasteiger partial charge in [-0.05, 0) is 23.8 Å². The standard InChI is InChI=1S/C15H13Cl2NO/c16-14-8-4-5-11(15(14)17)9-13(19)10-18-12-6-2-1-3-7-12/h1-8,18H,9-10H2. The van der Waals surface area contributed by atoms with Gasteiger partial charge in [0.2, 0.25) is 0 Å². The zero-order chi connectivity index (χ0) is 13.7. The number of nitrogens with one attached hydrogen (secondary N) is 1. The highest BCUT2D eigenvalue weighted by Gasteiger charge is 2.09. The Bertz CT molecular complexity index is 570. The van der Waals surface area contributed by atoms with Crippen LogP contribution in [-0.2, 0) is 11.2 Å². The third kappa shape index (κ3) is 3.98. The predicted octanol–water partition coefficient (Wildman–Crippen LogP) is 4.22. The lowest BCUT2D eigenvalue weighted by atomic mass is 10.1. The fourth-order valence-corrected chi connectivity index (χ4v) is 2.10. The van der Waals surface area contributed by atoms with Crippen LogP contribution >= 0.6 is 23.2 Å². The number of anilines is 1. The van der Waals surface area contributed by atoms with E-state index in [9.17, 15) is 4.79 Å². The summed E-state index contributed by atoms with van der Waals surface area (Å²) in [6, 6.07) is 14.9. The van der Waals surface area contributed by atoms with Gasteiger partial charge in [0.25, 0.3) is 0 Å². The Kier molecular flexibility index (Phi) is 4.83. The molecule has 0 unspecified atom stereocenters. The molecule has 19 heavy (non-hydrogen) atoms. The van der Waals surface area contributed by atoms with E-state index in [-0.39, 0.29) is 18.7 Å². The molecule has 2 aromatic carbocycles. The third-order valence-corrected chi connectivity index (χ3v) is 3.54. The second-order valence-electron chi connectivity index (χ2n) is 4.15. The molecule has 0 aliphatic carbocycles. The first kappa shape index (κ1) is 13.9. The Hall–Kier alpha value is -1.51. The molecule has 98 valence electrons. The van der Waals surface area contributed by atoms with E-state index in [2.05, 4.69) is 5.32 Å². The molecule has 0 radical (unpaired) electrons. The fourth-order valence-electron chi connectivity index (χ4n) is 1.72. The van der Waals surface area contributed by atoms with Gasteiger partial charge in [-0.15, -0.1) is 0 Å². The van der Waals surface area contributed by atoms with Crippen LogP contribution in [0.4, 0.5) is 5.69 Å². The molecule has 0 saturated heterocycles. The van der Waals surface area contributed by atoms with Gasteiger partial charge < -0.3 is 5.32 Å². The molecular weight excluding hydrogens is 281 g/mol. The first-order valence-corrected chi connectivity index (χ1v) is 6.66. The van der Waals surface area contributed by atoms with E-state index in [0.29, 0.717) is 10.0 Å². The molecule has 0 aromatic heterocycles. The molecule has 0 fully saturated rings. The van der Waals surface area contributed by atoms with Crippen LogP contribution < -0.4 is 5.32 Å². The second kappa shape index (κ2) is 6.60. The van der Waals surface area contributed by atoms with E-state index in [1.54, 1.807) is 12.1 Å². The average molecular weight is 294 g/mol. The van der Waals surface area contributed by atoms with E-state index in [1.807, 2.05) is 36.4 Å². The number of hydrogen-bond acceptors (Lipinski definition) is 2. The van der Waals surface area contributed by atoms with Crippen LogP contribution in [-0.4, -0.2) is 12.3 Å². The van der Waals surface area contributed by atoms with Crippen LogP contribution in [0.5, 0.6) is 0 Å². The summed E-state index contributed by atoms with van der Waals surface area (Å²) in [5.41, 5.74) is 1.68. The van der Waals surface area contributed by atoms with Gasteiger partial charge in [-0.25, -0.2) is 0 Å². The molecule has 2 nitrogen and oxygen atoms in total. The zero-order valence-electron chi connectivity index (χ0n) is 10.2. The SMILES string of the molecule is O=C(CNc1ccccc1)Cc1cccc(Cl)c1Cl. The first-order chi connectivity index (χ1) is 9.16. The topological polar surface area (TPSA) is 29.1 Å². The molecule has 0 bridgehead atoms. The predicted molar refractivity (Wildman–Crippen MR) is 80.1 cm³/mol. The smallest absolute Gasteiger partial charge is 0.156 e. The van der Waals surface area contributed by atoms with Crippen molar-refractivity contribution >= 4 is 34.7 Å². The lowest BCUT2D eigenvalue weighted by molar-refractivity contribution is -0.116. The van der Waals surface area contributed by atoms with Crippen LogP contribution in [0, 0.1) is 0 Å². The number of hydrogen-bond donors (Lipinski definition) is 1. The summed E-state index contributed by atoms with van der Waals surface area (Å²) in [5.74, 6) is 0.0630. The molecule has 0 heterocycles. The normalized spacial score (nSPS) is 10.2. The van der Waals surface area contributed by atoms with Gasteiger partial charge in [0, 0.05) is 12.1 Å². The highest BCUT2D eigenvalue weighted by molar-refractivity contribution is 6.42. The van der Waals surface area contributed by atoms with Crippen LogP contribution in [0.25, 0.3) is 0 Å². The molecule has 2 rings (SSSR count). The van der Waals surface area contributed by atoms with E-state index in [4.69, 9.17) is 23.2 Å². The molecule has 0 aliphatic heterocycles. The number of rotatable bonds is 5. The number of ketones is 1. The maximum atomic E-state index is 11.9. The Morgan fingerprint density at radius 3 is 2.47 bits per heavy atom. The van der Waals surface area contributed by atoms with E-state index >= 15 is 0 Å². The van der Waals surface area contributed by atoms with Crippen LogP contribution in [0.1, 0.15) is 5.56 Å². The minimum Gasteiger partial charge on any atom is -0.378 e. The number of carbonyl (C=O) groups excluding carboxylic acids is 1. The van der Waals surface area contributed by atoms with Crippen molar-refractivity contribution < 1.29 is 4.79 Å². The van der Waals surface area contributed by atoms with E-state index in [1.165, 1.54) is 0 Å². The average Bonchev–Trinajstić information content (AvgIpc) is 2.43. The summed E-state index contributed by atoms with van der Waals surface area (Å²) in [4.78, 5) is 11.9. The lowest BCUT2D eigenvalue weighted by Gasteiger charge is -2.07. The number of para-hydroxylation sites is 1. The Labute approximate surface area is 122 Å². The van der Waals surface area contributed by atoms with Crippen molar-refractivity contribution in [3.05, 3.63) is 64.1 Å². The summed E-state index contributed by atoms with van der Waals surface area (Å²) in [7, 11) is 0. The van der Waals surface area contributed by atoms with Gasteiger partial charge in [-0.1, -0.05) is 53.5 Å². The van der Waals surface area contributed by atoms with Crippen LogP contribution in [0.15, 0.2) is 48.5 Å². The van der Waals surface area contributed by atoms with Crippen LogP contribution in [0.2, 0.25) is 10.0 Å². The summed E-state index contributed by atoms with van der Waals surface area (Å²) < 4.78 is 0. The van der Waals surface area contributed by atoms with Crippen molar-refractivity contribution in [1.82, 2.24) is 0 Å². The van der Waals surface area contributed by atoms with Gasteiger partial charge in [0.1, 0.15) is 0 Å². The second-order valence-corrected chi connectivity index (χ2v) is 4.93. The molecule has 0 amide bonds. The highest BCUT2D eigenvalue weighted by Crippen LogP contribution is 2.25. The fraction of sp³-hybridized carbons (Fsp3) is 0.133. The number of halogens is 2. The molecule has 2 aromatic rings. The minimum atomic E-state index is 0.0630. The first-order valence-electron chi connectivity index (χ1n) is 5.90. The van der Waals surface area contributed by atoms with Crippen molar-refractivity contribution in [2.24, 2.45) is 0 Å². The number of benzene rings is 2. The van der Waals surface area contributed by atoms with Crippen molar-refractivity contribution in [2.75, 3.05) is 11.9 Å². The summed E-state index contributed by atoms with van der Waals surface area (Å²) in [5, 5.41) is 4.00. The number of carbonyl (C=O) groups is 1. The quantitative estimate of drug-likeness (QED) is 0.894. The molecule has 0 saturated carbocycles. The van der Waals surface area contributed by atoms with Gasteiger partial charge >= 0.3 is 0 Å². The molecule has 0 aliphatic rings. The lowest BCUT2D eigenvalue weighted by Crippen LogP contribution is -2.16. The van der Waals surface area contributed by atoms with Crippen molar-refractivity contribution in [2.45, 2.75) is 6.42 Å². The molecule has 0 atom stereocenters. The summed E-state index contributed by atoms with van der Waals surface area (Å²) in [6.45, 7) is 0.271. The molecule has 4 heteroatoms. The maximum absolute atomic E-state index is 11.9. The third-order valence-electron chi connectivity index (χ3n) is 2.68. The van der Waals surface area contributed by atoms with Crippen molar-refractivity contribution in [1.29, 1.82) is 0 Å². The molecule has 1 N–H and O–H groups in total. The van der Waals surface area contributed by atoms with Gasteiger partial charge in [0.15, 0.2) is 5.78 Å². The van der Waals surface area contributed by atoms with Gasteiger partial charge in [0.05, 0.1) is 16.6 Å². The number of Topliss-reactive ketones (excluding diaryl/α,β-unsaturated/α-hetero) is 1. The largest absolute Gasteiger partial charge is 0.378 e. The van der Waals surface area contributed by atoms with Crippen molar-refractivity contribution in [3.8, 4) is 0 Å². The summed E-state index contributed by atoms with van der Waals surface area (Å²) >= 11 is 12.0. The Morgan fingerprint density at radius 2 is 1.74 bits per heavy atom. The highest BCUT2D eigenvalue weighted by atomic mass is 35.5. The molecule has 0 spiro atoms. The molecular formula is C15H13Cl2NO. The van der Waals surface area contributed by atoms with Crippen molar-refractivity contribution in [3.63, 3.8) is 0 Å².